The number of rotatable bonds is 6. The molecule has 1 heterocycles. The molecule has 0 bridgehead atoms. The van der Waals surface area contributed by atoms with Gasteiger partial charge in [-0.3, -0.25) is 14.5 Å². The van der Waals surface area contributed by atoms with Crippen molar-refractivity contribution in [3.05, 3.63) is 100 Å². The molecule has 0 saturated carbocycles. The lowest BCUT2D eigenvalue weighted by atomic mass is 9.92. The summed E-state index contributed by atoms with van der Waals surface area (Å²) >= 11 is 0. The molecule has 3 aromatic carbocycles. The maximum absolute atomic E-state index is 13.5. The number of ketones is 1. The molecule has 36 heavy (non-hydrogen) atoms. The minimum absolute atomic E-state index is 0.0501. The second kappa shape index (κ2) is 10.0. The molecule has 1 aliphatic rings. The first-order chi connectivity index (χ1) is 17.1. The van der Waals surface area contributed by atoms with Crippen molar-refractivity contribution >= 4 is 23.1 Å². The van der Waals surface area contributed by atoms with Crippen LogP contribution in [-0.2, 0) is 9.59 Å². The summed E-state index contributed by atoms with van der Waals surface area (Å²) in [5.74, 6) is -0.527. The van der Waals surface area contributed by atoms with Gasteiger partial charge >= 0.3 is 0 Å². The number of benzene rings is 3. The Kier molecular flexibility index (Phi) is 7.02. The number of aliphatic hydroxyl groups is 1. The van der Waals surface area contributed by atoms with Crippen molar-refractivity contribution in [3.63, 3.8) is 0 Å². The molecule has 0 aliphatic carbocycles. The molecule has 0 spiro atoms. The van der Waals surface area contributed by atoms with Crippen LogP contribution in [0, 0.1) is 6.92 Å². The summed E-state index contributed by atoms with van der Waals surface area (Å²) in [6.45, 7) is 10.3. The van der Waals surface area contributed by atoms with E-state index in [0.29, 0.717) is 28.8 Å². The third-order valence-electron chi connectivity index (χ3n) is 6.81. The normalized spacial score (nSPS) is 17.3. The first-order valence-corrected chi connectivity index (χ1v) is 12.3. The lowest BCUT2D eigenvalue weighted by molar-refractivity contribution is -0.132. The second-order valence-electron chi connectivity index (χ2n) is 9.94. The first-order valence-electron chi connectivity index (χ1n) is 12.3. The molecule has 1 unspecified atom stereocenters. The van der Waals surface area contributed by atoms with Crippen molar-refractivity contribution < 1.29 is 19.4 Å². The minimum Gasteiger partial charge on any atom is -0.507 e. The molecule has 1 aliphatic heterocycles. The Labute approximate surface area is 213 Å². The number of carbonyl (C=O) groups is 2. The Morgan fingerprint density at radius 1 is 0.861 bits per heavy atom. The molecular formula is C31H33NO4. The highest BCUT2D eigenvalue weighted by atomic mass is 16.5. The summed E-state index contributed by atoms with van der Waals surface area (Å²) < 4.78 is 5.47. The molecule has 186 valence electrons. The summed E-state index contributed by atoms with van der Waals surface area (Å²) in [6, 6.07) is 20.2. The zero-order chi connectivity index (χ0) is 26.1. The Morgan fingerprint density at radius 3 is 1.94 bits per heavy atom. The second-order valence-corrected chi connectivity index (χ2v) is 9.94. The number of hydrogen-bond acceptors (Lipinski definition) is 4. The van der Waals surface area contributed by atoms with E-state index in [0.717, 1.165) is 22.3 Å². The number of aliphatic hydroxyl groups excluding tert-OH is 1. The van der Waals surface area contributed by atoms with Gasteiger partial charge in [0.05, 0.1) is 24.3 Å². The largest absolute Gasteiger partial charge is 0.507 e. The highest BCUT2D eigenvalue weighted by molar-refractivity contribution is 6.51. The molecule has 1 saturated heterocycles. The number of Topliss-reactive ketones (excluding diaryl/α,β-unsaturated/α-hetero) is 1. The molecule has 4 rings (SSSR count). The smallest absolute Gasteiger partial charge is 0.300 e. The summed E-state index contributed by atoms with van der Waals surface area (Å²) in [7, 11) is 1.51. The van der Waals surface area contributed by atoms with Crippen LogP contribution >= 0.6 is 0 Å². The monoisotopic (exact) mass is 483 g/mol. The van der Waals surface area contributed by atoms with Gasteiger partial charge in [-0.25, -0.2) is 0 Å². The van der Waals surface area contributed by atoms with Crippen LogP contribution in [0.5, 0.6) is 5.75 Å². The zero-order valence-corrected chi connectivity index (χ0v) is 21.7. The third kappa shape index (κ3) is 4.53. The summed E-state index contributed by atoms with van der Waals surface area (Å²) in [5, 5.41) is 11.5. The van der Waals surface area contributed by atoms with Gasteiger partial charge in [-0.05, 0) is 59.7 Å². The maximum atomic E-state index is 13.5. The van der Waals surface area contributed by atoms with Gasteiger partial charge in [-0.2, -0.15) is 0 Å². The number of hydrogen-bond donors (Lipinski definition) is 1. The van der Waals surface area contributed by atoms with Gasteiger partial charge in [0.25, 0.3) is 11.7 Å². The Bertz CT molecular complexity index is 1320. The average Bonchev–Trinajstić information content (AvgIpc) is 3.13. The van der Waals surface area contributed by atoms with Crippen molar-refractivity contribution in [1.82, 2.24) is 0 Å². The number of amides is 1. The Morgan fingerprint density at radius 2 is 1.42 bits per heavy atom. The number of carbonyl (C=O) groups excluding carboxylic acids is 2. The molecular weight excluding hydrogens is 450 g/mol. The van der Waals surface area contributed by atoms with Gasteiger partial charge in [-0.15, -0.1) is 0 Å². The van der Waals surface area contributed by atoms with E-state index in [1.54, 1.807) is 12.1 Å². The standard InChI is InChI=1S/C31H33NO4/c1-18(2)21-8-10-23(11-9-21)28-27(29(33)25-17-20(5)7-16-26(25)36-6)30(34)31(35)32(28)24-14-12-22(13-15-24)19(3)4/h7-19,28,33H,1-6H3/b29-27+. The van der Waals surface area contributed by atoms with Crippen LogP contribution in [-0.4, -0.2) is 23.9 Å². The van der Waals surface area contributed by atoms with Gasteiger partial charge in [0, 0.05) is 5.69 Å². The van der Waals surface area contributed by atoms with Crippen molar-refractivity contribution in [3.8, 4) is 5.75 Å². The molecule has 1 fully saturated rings. The predicted octanol–water partition coefficient (Wildman–Crippen LogP) is 6.88. The lowest BCUT2D eigenvalue weighted by Gasteiger charge is -2.26. The van der Waals surface area contributed by atoms with Gasteiger partial charge < -0.3 is 9.84 Å². The Balaban J connectivity index is 1.94. The summed E-state index contributed by atoms with van der Waals surface area (Å²) in [5.41, 5.74) is 4.97. The van der Waals surface area contributed by atoms with Crippen LogP contribution in [0.15, 0.2) is 72.3 Å². The number of methoxy groups -OCH3 is 1. The SMILES string of the molecule is COc1ccc(C)cc1/C(O)=C1\C(=O)C(=O)N(c2ccc(C(C)C)cc2)C1c1ccc(C(C)C)cc1. The van der Waals surface area contributed by atoms with E-state index in [1.807, 2.05) is 61.5 Å². The molecule has 1 atom stereocenters. The van der Waals surface area contributed by atoms with E-state index in [4.69, 9.17) is 4.74 Å². The van der Waals surface area contributed by atoms with Crippen molar-refractivity contribution in [2.75, 3.05) is 12.0 Å². The highest BCUT2D eigenvalue weighted by Crippen LogP contribution is 2.43. The molecule has 1 amide bonds. The lowest BCUT2D eigenvalue weighted by Crippen LogP contribution is -2.29. The number of aryl methyl sites for hydroxylation is 1. The molecule has 5 nitrogen and oxygen atoms in total. The molecule has 1 N–H and O–H groups in total. The topological polar surface area (TPSA) is 66.8 Å². The van der Waals surface area contributed by atoms with Crippen molar-refractivity contribution in [1.29, 1.82) is 0 Å². The fourth-order valence-corrected chi connectivity index (χ4v) is 4.65. The predicted molar refractivity (Wildman–Crippen MR) is 144 cm³/mol. The highest BCUT2D eigenvalue weighted by Gasteiger charge is 2.47. The van der Waals surface area contributed by atoms with Crippen molar-refractivity contribution in [2.45, 2.75) is 52.5 Å². The van der Waals surface area contributed by atoms with Crippen LogP contribution in [0.2, 0.25) is 0 Å². The maximum Gasteiger partial charge on any atom is 0.300 e. The van der Waals surface area contributed by atoms with Gasteiger partial charge in [0.15, 0.2) is 0 Å². The zero-order valence-electron chi connectivity index (χ0n) is 21.7. The van der Waals surface area contributed by atoms with E-state index in [1.165, 1.54) is 12.0 Å². The fraction of sp³-hybridized carbons (Fsp3) is 0.290. The van der Waals surface area contributed by atoms with Crippen LogP contribution in [0.1, 0.15) is 73.4 Å². The van der Waals surface area contributed by atoms with E-state index in [-0.39, 0.29) is 11.3 Å². The van der Waals surface area contributed by atoms with Crippen LogP contribution < -0.4 is 9.64 Å². The van der Waals surface area contributed by atoms with E-state index in [9.17, 15) is 14.7 Å². The summed E-state index contributed by atoms with van der Waals surface area (Å²) in [4.78, 5) is 28.4. The van der Waals surface area contributed by atoms with E-state index in [2.05, 4.69) is 27.7 Å². The Hall–Kier alpha value is -3.86. The number of anilines is 1. The molecule has 5 heteroatoms. The summed E-state index contributed by atoms with van der Waals surface area (Å²) in [6.07, 6.45) is 0. The van der Waals surface area contributed by atoms with E-state index >= 15 is 0 Å². The number of ether oxygens (including phenoxy) is 1. The average molecular weight is 484 g/mol. The fourth-order valence-electron chi connectivity index (χ4n) is 4.65. The molecule has 0 radical (unpaired) electrons. The first kappa shape index (κ1) is 25.2. The van der Waals surface area contributed by atoms with Crippen LogP contribution in [0.4, 0.5) is 5.69 Å². The van der Waals surface area contributed by atoms with Crippen LogP contribution in [0.25, 0.3) is 5.76 Å². The van der Waals surface area contributed by atoms with Crippen LogP contribution in [0.3, 0.4) is 0 Å². The molecule has 0 aromatic heterocycles. The van der Waals surface area contributed by atoms with Gasteiger partial charge in [-0.1, -0.05) is 75.7 Å². The third-order valence-corrected chi connectivity index (χ3v) is 6.81. The van der Waals surface area contributed by atoms with Gasteiger partial charge in [0.1, 0.15) is 11.5 Å². The minimum atomic E-state index is -0.777. The number of nitrogens with zero attached hydrogens (tertiary/aromatic N) is 1. The van der Waals surface area contributed by atoms with Crippen molar-refractivity contribution in [2.24, 2.45) is 0 Å². The quantitative estimate of drug-likeness (QED) is 0.236. The molecule has 3 aromatic rings. The van der Waals surface area contributed by atoms with Gasteiger partial charge in [0.2, 0.25) is 0 Å². The van der Waals surface area contributed by atoms with E-state index < -0.39 is 17.7 Å².